The molecule has 0 saturated heterocycles. The van der Waals surface area contributed by atoms with Crippen LogP contribution in [0, 0.1) is 35.3 Å². The van der Waals surface area contributed by atoms with Gasteiger partial charge in [0.15, 0.2) is 11.5 Å². The first-order valence-corrected chi connectivity index (χ1v) is 13.4. The van der Waals surface area contributed by atoms with E-state index in [9.17, 15) is 8.78 Å². The monoisotopic (exact) mass is 450 g/mol. The smallest absolute Gasteiger partial charge is 0.204 e. The molecule has 1 aromatic rings. The van der Waals surface area contributed by atoms with E-state index in [4.69, 9.17) is 9.47 Å². The Hall–Kier alpha value is -1.32. The van der Waals surface area contributed by atoms with Crippen LogP contribution in [-0.2, 0) is 0 Å². The minimum atomic E-state index is -0.956. The summed E-state index contributed by atoms with van der Waals surface area (Å²) in [5.74, 6) is 1.55. The predicted molar refractivity (Wildman–Crippen MR) is 127 cm³/mol. The number of benzene rings is 1. The molecule has 3 rings (SSSR count). The molecule has 2 fully saturated rings. The Balaban J connectivity index is 1.43. The largest absolute Gasteiger partial charge is 0.491 e. The number of halogens is 2. The van der Waals surface area contributed by atoms with Gasteiger partial charge in [-0.25, -0.2) is 0 Å². The summed E-state index contributed by atoms with van der Waals surface area (Å²) in [5.41, 5.74) is 0. The van der Waals surface area contributed by atoms with Crippen molar-refractivity contribution in [2.75, 3.05) is 13.2 Å². The maximum absolute atomic E-state index is 14.2. The third-order valence-electron chi connectivity index (χ3n) is 7.97. The number of hydrogen-bond donors (Lipinski definition) is 0. The van der Waals surface area contributed by atoms with Gasteiger partial charge in [-0.2, -0.15) is 8.78 Å². The minimum absolute atomic E-state index is 0.00691. The van der Waals surface area contributed by atoms with Crippen LogP contribution in [0.2, 0.25) is 0 Å². The van der Waals surface area contributed by atoms with Crippen molar-refractivity contribution in [1.82, 2.24) is 0 Å². The van der Waals surface area contributed by atoms with Gasteiger partial charge in [0.2, 0.25) is 11.6 Å². The van der Waals surface area contributed by atoms with Crippen molar-refractivity contribution in [3.63, 3.8) is 0 Å². The molecule has 0 N–H and O–H groups in total. The zero-order chi connectivity index (χ0) is 22.8. The van der Waals surface area contributed by atoms with Gasteiger partial charge in [0, 0.05) is 0 Å². The van der Waals surface area contributed by atoms with Gasteiger partial charge in [0.1, 0.15) is 0 Å². The van der Waals surface area contributed by atoms with Crippen LogP contribution in [0.3, 0.4) is 0 Å². The molecule has 2 nitrogen and oxygen atoms in total. The van der Waals surface area contributed by atoms with Gasteiger partial charge >= 0.3 is 0 Å². The molecule has 0 radical (unpaired) electrons. The van der Waals surface area contributed by atoms with Crippen LogP contribution < -0.4 is 9.47 Å². The second kappa shape index (κ2) is 13.4. The van der Waals surface area contributed by atoms with Crippen LogP contribution in [0.25, 0.3) is 0 Å². The van der Waals surface area contributed by atoms with E-state index in [0.29, 0.717) is 13.2 Å². The molecule has 0 aliphatic heterocycles. The average Bonchev–Trinajstić information content (AvgIpc) is 2.82. The van der Waals surface area contributed by atoms with E-state index in [0.717, 1.165) is 36.5 Å². The zero-order valence-corrected chi connectivity index (χ0v) is 20.4. The zero-order valence-electron chi connectivity index (χ0n) is 20.4. The summed E-state index contributed by atoms with van der Waals surface area (Å²) in [6.07, 6.45) is 18.8. The lowest BCUT2D eigenvalue weighted by atomic mass is 9.65. The van der Waals surface area contributed by atoms with Crippen molar-refractivity contribution in [3.8, 4) is 11.5 Å². The molecule has 0 bridgehead atoms. The quantitative estimate of drug-likeness (QED) is 0.296. The Morgan fingerprint density at radius 3 is 2.16 bits per heavy atom. The molecule has 0 spiro atoms. The summed E-state index contributed by atoms with van der Waals surface area (Å²) < 4.78 is 39.0. The van der Waals surface area contributed by atoms with Crippen molar-refractivity contribution in [2.24, 2.45) is 23.7 Å². The highest BCUT2D eigenvalue weighted by Gasteiger charge is 2.33. The molecule has 0 heterocycles. The predicted octanol–water partition coefficient (Wildman–Crippen LogP) is 8.72. The molecule has 2 aliphatic rings. The Morgan fingerprint density at radius 2 is 1.47 bits per heavy atom. The van der Waals surface area contributed by atoms with Gasteiger partial charge in [-0.3, -0.25) is 0 Å². The first kappa shape index (κ1) is 25.3. The fourth-order valence-corrected chi connectivity index (χ4v) is 6.22. The van der Waals surface area contributed by atoms with E-state index >= 15 is 0 Å². The second-order valence-corrected chi connectivity index (χ2v) is 10.1. The summed E-state index contributed by atoms with van der Waals surface area (Å²) in [7, 11) is 0. The molecule has 182 valence electrons. The van der Waals surface area contributed by atoms with E-state index in [1.165, 1.54) is 89.2 Å². The van der Waals surface area contributed by atoms with Crippen LogP contribution >= 0.6 is 0 Å². The van der Waals surface area contributed by atoms with E-state index < -0.39 is 11.6 Å². The Morgan fingerprint density at radius 1 is 0.781 bits per heavy atom. The van der Waals surface area contributed by atoms with E-state index in [-0.39, 0.29) is 11.5 Å². The Labute approximate surface area is 194 Å². The van der Waals surface area contributed by atoms with Gasteiger partial charge in [0.05, 0.1) is 13.2 Å². The molecule has 32 heavy (non-hydrogen) atoms. The first-order chi connectivity index (χ1) is 15.6. The van der Waals surface area contributed by atoms with Crippen LogP contribution in [0.15, 0.2) is 12.1 Å². The van der Waals surface area contributed by atoms with E-state index in [1.54, 1.807) is 6.92 Å². The summed E-state index contributed by atoms with van der Waals surface area (Å²) in [6, 6.07) is 2.93. The maximum Gasteiger partial charge on any atom is 0.204 e. The second-order valence-electron chi connectivity index (χ2n) is 10.1. The highest BCUT2D eigenvalue weighted by Crippen LogP contribution is 2.45. The number of unbranched alkanes of at least 4 members (excludes halogenated alkanes) is 2. The van der Waals surface area contributed by atoms with Crippen LogP contribution in [-0.4, -0.2) is 13.2 Å². The van der Waals surface area contributed by atoms with Gasteiger partial charge in [-0.05, 0) is 74.8 Å². The lowest BCUT2D eigenvalue weighted by Gasteiger charge is -2.41. The minimum Gasteiger partial charge on any atom is -0.491 e. The van der Waals surface area contributed by atoms with Crippen LogP contribution in [0.4, 0.5) is 8.78 Å². The SMILES string of the molecule is CCCCCC1CCC(C2CCCCC2CCCOc2ccc(OCC)c(F)c2F)CC1. The standard InChI is InChI=1S/C28H44F2O2/c1-3-5-6-10-21-14-16-23(17-15-21)24-13-8-7-11-22(24)12-9-20-32-26-19-18-25(31-4-2)27(29)28(26)30/h18-19,21-24H,3-17,20H2,1-2H3. The number of ether oxygens (including phenoxy) is 2. The summed E-state index contributed by atoms with van der Waals surface area (Å²) in [5, 5.41) is 0. The highest BCUT2D eigenvalue weighted by atomic mass is 19.2. The van der Waals surface area contributed by atoms with Crippen LogP contribution in [0.5, 0.6) is 11.5 Å². The Kier molecular flexibility index (Phi) is 10.6. The fraction of sp³-hybridized carbons (Fsp3) is 0.786. The normalized spacial score (nSPS) is 26.1. The molecule has 0 amide bonds. The Bertz CT molecular complexity index is 670. The lowest BCUT2D eigenvalue weighted by molar-refractivity contribution is 0.100. The fourth-order valence-electron chi connectivity index (χ4n) is 6.22. The molecule has 0 aromatic heterocycles. The van der Waals surface area contributed by atoms with E-state index in [2.05, 4.69) is 6.92 Å². The average molecular weight is 451 g/mol. The molecule has 2 aliphatic carbocycles. The van der Waals surface area contributed by atoms with Crippen molar-refractivity contribution in [1.29, 1.82) is 0 Å². The van der Waals surface area contributed by atoms with Gasteiger partial charge in [0.25, 0.3) is 0 Å². The maximum atomic E-state index is 14.2. The molecule has 2 atom stereocenters. The van der Waals surface area contributed by atoms with E-state index in [1.807, 2.05) is 0 Å². The third-order valence-corrected chi connectivity index (χ3v) is 7.97. The first-order valence-electron chi connectivity index (χ1n) is 13.4. The van der Waals surface area contributed by atoms with Crippen LogP contribution in [0.1, 0.15) is 104 Å². The molecular formula is C28H44F2O2. The lowest BCUT2D eigenvalue weighted by Crippen LogP contribution is -2.30. The van der Waals surface area contributed by atoms with Crippen molar-refractivity contribution in [3.05, 3.63) is 23.8 Å². The molecule has 4 heteroatoms. The summed E-state index contributed by atoms with van der Waals surface area (Å²) in [6.45, 7) is 4.79. The number of rotatable bonds is 12. The third kappa shape index (κ3) is 7.09. The van der Waals surface area contributed by atoms with Gasteiger partial charge < -0.3 is 9.47 Å². The molecule has 2 unspecified atom stereocenters. The topological polar surface area (TPSA) is 18.5 Å². The molecule has 1 aromatic carbocycles. The van der Waals surface area contributed by atoms with Gasteiger partial charge in [-0.1, -0.05) is 64.7 Å². The number of hydrogen-bond acceptors (Lipinski definition) is 2. The van der Waals surface area contributed by atoms with Crippen molar-refractivity contribution in [2.45, 2.75) is 104 Å². The van der Waals surface area contributed by atoms with Crippen molar-refractivity contribution >= 4 is 0 Å². The summed E-state index contributed by atoms with van der Waals surface area (Å²) >= 11 is 0. The van der Waals surface area contributed by atoms with Crippen molar-refractivity contribution < 1.29 is 18.3 Å². The molecule has 2 saturated carbocycles. The van der Waals surface area contributed by atoms with Gasteiger partial charge in [-0.15, -0.1) is 0 Å². The molecular weight excluding hydrogens is 406 g/mol. The summed E-state index contributed by atoms with van der Waals surface area (Å²) in [4.78, 5) is 0. The highest BCUT2D eigenvalue weighted by molar-refractivity contribution is 5.35.